The van der Waals surface area contributed by atoms with Gasteiger partial charge in [0.2, 0.25) is 0 Å². The number of hydrogen-bond acceptors (Lipinski definition) is 3. The molecule has 0 aliphatic heterocycles. The molecule has 0 heterocycles. The van der Waals surface area contributed by atoms with Gasteiger partial charge in [0, 0.05) is 0 Å². The van der Waals surface area contributed by atoms with E-state index in [1.807, 2.05) is 6.92 Å². The van der Waals surface area contributed by atoms with Gasteiger partial charge in [-0.2, -0.15) is 0 Å². The lowest BCUT2D eigenvalue weighted by Gasteiger charge is -2.12. The molecule has 0 unspecified atom stereocenters. The Morgan fingerprint density at radius 1 is 0.957 bits per heavy atom. The van der Waals surface area contributed by atoms with E-state index in [2.05, 4.69) is 10.9 Å². The standard InChI is InChI=1S/C17H17ClN2O3/c1-2-11-23-15-10-6-4-8-13(15)17(22)20-19-16(21)12-7-3-5-9-14(12)18/h3-10H,2,11H2,1H3,(H,19,21)(H,20,22). The number of amides is 2. The van der Waals surface area contributed by atoms with Crippen molar-refractivity contribution in [3.8, 4) is 5.75 Å². The zero-order chi connectivity index (χ0) is 16.7. The first-order chi connectivity index (χ1) is 11.1. The summed E-state index contributed by atoms with van der Waals surface area (Å²) in [6.45, 7) is 2.49. The maximum absolute atomic E-state index is 12.2. The number of benzene rings is 2. The topological polar surface area (TPSA) is 67.4 Å². The van der Waals surface area contributed by atoms with Crippen molar-refractivity contribution in [1.29, 1.82) is 0 Å². The Morgan fingerprint density at radius 3 is 2.17 bits per heavy atom. The molecule has 5 nitrogen and oxygen atoms in total. The zero-order valence-corrected chi connectivity index (χ0v) is 13.4. The van der Waals surface area contributed by atoms with Crippen LogP contribution in [0.2, 0.25) is 5.02 Å². The molecule has 23 heavy (non-hydrogen) atoms. The highest BCUT2D eigenvalue weighted by Crippen LogP contribution is 2.18. The van der Waals surface area contributed by atoms with Crippen molar-refractivity contribution in [2.45, 2.75) is 13.3 Å². The fourth-order valence-corrected chi connectivity index (χ4v) is 2.11. The number of halogens is 1. The summed E-state index contributed by atoms with van der Waals surface area (Å²) in [5.74, 6) is -0.480. The molecule has 0 spiro atoms. The van der Waals surface area contributed by atoms with Crippen molar-refractivity contribution in [3.05, 3.63) is 64.7 Å². The van der Waals surface area contributed by atoms with Gasteiger partial charge in [0.05, 0.1) is 22.8 Å². The van der Waals surface area contributed by atoms with Gasteiger partial charge in [0.1, 0.15) is 5.75 Å². The number of carbonyl (C=O) groups excluding carboxylic acids is 2. The molecular formula is C17H17ClN2O3. The maximum atomic E-state index is 12.2. The second-order valence-corrected chi connectivity index (χ2v) is 5.14. The van der Waals surface area contributed by atoms with Crippen molar-refractivity contribution in [2.75, 3.05) is 6.61 Å². The Kier molecular flexibility index (Phi) is 6.00. The summed E-state index contributed by atoms with van der Waals surface area (Å²) in [6, 6.07) is 13.4. The van der Waals surface area contributed by atoms with Gasteiger partial charge in [-0.1, -0.05) is 42.8 Å². The fourth-order valence-electron chi connectivity index (χ4n) is 1.89. The molecule has 2 rings (SSSR count). The van der Waals surface area contributed by atoms with Crippen LogP contribution in [-0.2, 0) is 0 Å². The molecule has 2 aromatic rings. The highest BCUT2D eigenvalue weighted by atomic mass is 35.5. The minimum atomic E-state index is -0.490. The Labute approximate surface area is 139 Å². The van der Waals surface area contributed by atoms with Gasteiger partial charge < -0.3 is 4.74 Å². The third-order valence-electron chi connectivity index (χ3n) is 3.00. The Bertz CT molecular complexity index is 704. The van der Waals surface area contributed by atoms with Crippen molar-refractivity contribution in [2.24, 2.45) is 0 Å². The van der Waals surface area contributed by atoms with Gasteiger partial charge in [0.15, 0.2) is 0 Å². The van der Waals surface area contributed by atoms with Crippen molar-refractivity contribution < 1.29 is 14.3 Å². The molecule has 0 saturated heterocycles. The third kappa shape index (κ3) is 4.47. The molecule has 0 atom stereocenters. The van der Waals surface area contributed by atoms with Crippen LogP contribution in [0.1, 0.15) is 34.1 Å². The van der Waals surface area contributed by atoms with Gasteiger partial charge in [-0.15, -0.1) is 0 Å². The molecule has 2 amide bonds. The normalized spacial score (nSPS) is 10.0. The number of nitrogens with one attached hydrogen (secondary N) is 2. The van der Waals surface area contributed by atoms with Gasteiger partial charge in [-0.25, -0.2) is 0 Å². The van der Waals surface area contributed by atoms with E-state index in [-0.39, 0.29) is 5.56 Å². The number of hydrogen-bond donors (Lipinski definition) is 2. The molecule has 0 aliphatic rings. The SMILES string of the molecule is CCCOc1ccccc1C(=O)NNC(=O)c1ccccc1Cl. The van der Waals surface area contributed by atoms with E-state index in [1.54, 1.807) is 48.5 Å². The molecule has 120 valence electrons. The van der Waals surface area contributed by atoms with E-state index < -0.39 is 11.8 Å². The molecular weight excluding hydrogens is 316 g/mol. The predicted octanol–water partition coefficient (Wildman–Crippen LogP) is 3.20. The smallest absolute Gasteiger partial charge is 0.273 e. The lowest BCUT2D eigenvalue weighted by Crippen LogP contribution is -2.41. The molecule has 6 heteroatoms. The number of rotatable bonds is 5. The monoisotopic (exact) mass is 332 g/mol. The van der Waals surface area contributed by atoms with Crippen LogP contribution in [-0.4, -0.2) is 18.4 Å². The van der Waals surface area contributed by atoms with Gasteiger partial charge in [-0.3, -0.25) is 20.4 Å². The molecule has 0 saturated carbocycles. The minimum absolute atomic E-state index is 0.282. The minimum Gasteiger partial charge on any atom is -0.493 e. The van der Waals surface area contributed by atoms with Crippen LogP contribution < -0.4 is 15.6 Å². The summed E-state index contributed by atoms with van der Waals surface area (Å²) in [6.07, 6.45) is 0.833. The molecule has 0 bridgehead atoms. The average molecular weight is 333 g/mol. The van der Waals surface area contributed by atoms with Crippen LogP contribution >= 0.6 is 11.6 Å². The summed E-state index contributed by atoms with van der Waals surface area (Å²) < 4.78 is 5.52. The first kappa shape index (κ1) is 16.8. The average Bonchev–Trinajstić information content (AvgIpc) is 2.58. The Hall–Kier alpha value is -2.53. The van der Waals surface area contributed by atoms with Crippen LogP contribution in [0.25, 0.3) is 0 Å². The van der Waals surface area contributed by atoms with Crippen LogP contribution in [0.3, 0.4) is 0 Å². The van der Waals surface area contributed by atoms with Crippen LogP contribution in [0.4, 0.5) is 0 Å². The molecule has 0 fully saturated rings. The second-order valence-electron chi connectivity index (χ2n) is 4.73. The first-order valence-corrected chi connectivity index (χ1v) is 7.58. The zero-order valence-electron chi connectivity index (χ0n) is 12.6. The summed E-state index contributed by atoms with van der Waals surface area (Å²) in [5, 5.41) is 0.311. The predicted molar refractivity (Wildman–Crippen MR) is 88.6 cm³/mol. The summed E-state index contributed by atoms with van der Waals surface area (Å²) in [5.41, 5.74) is 5.34. The van der Waals surface area contributed by atoms with E-state index in [4.69, 9.17) is 16.3 Å². The third-order valence-corrected chi connectivity index (χ3v) is 3.33. The van der Waals surface area contributed by atoms with Gasteiger partial charge in [0.25, 0.3) is 11.8 Å². The summed E-state index contributed by atoms with van der Waals surface area (Å²) >= 11 is 5.94. The van der Waals surface area contributed by atoms with Crippen molar-refractivity contribution in [3.63, 3.8) is 0 Å². The molecule has 0 aliphatic carbocycles. The largest absolute Gasteiger partial charge is 0.493 e. The number of para-hydroxylation sites is 1. The van der Waals surface area contributed by atoms with Crippen LogP contribution in [0.5, 0.6) is 5.75 Å². The Morgan fingerprint density at radius 2 is 1.52 bits per heavy atom. The molecule has 2 aromatic carbocycles. The van der Waals surface area contributed by atoms with Crippen molar-refractivity contribution in [1.82, 2.24) is 10.9 Å². The number of hydrazine groups is 1. The fraction of sp³-hybridized carbons (Fsp3) is 0.176. The second kappa shape index (κ2) is 8.19. The summed E-state index contributed by atoms with van der Waals surface area (Å²) in [7, 11) is 0. The number of carbonyl (C=O) groups is 2. The lowest BCUT2D eigenvalue weighted by atomic mass is 10.2. The van der Waals surface area contributed by atoms with Gasteiger partial charge in [-0.05, 0) is 30.7 Å². The quantitative estimate of drug-likeness (QED) is 0.826. The highest BCUT2D eigenvalue weighted by molar-refractivity contribution is 6.33. The van der Waals surface area contributed by atoms with Crippen LogP contribution in [0, 0.1) is 0 Å². The molecule has 2 N–H and O–H groups in total. The number of ether oxygens (including phenoxy) is 1. The Balaban J connectivity index is 2.03. The van der Waals surface area contributed by atoms with Crippen molar-refractivity contribution >= 4 is 23.4 Å². The first-order valence-electron chi connectivity index (χ1n) is 7.20. The van der Waals surface area contributed by atoms with Gasteiger partial charge >= 0.3 is 0 Å². The molecule has 0 aromatic heterocycles. The van der Waals surface area contributed by atoms with E-state index >= 15 is 0 Å². The maximum Gasteiger partial charge on any atom is 0.273 e. The van der Waals surface area contributed by atoms with E-state index in [0.29, 0.717) is 22.9 Å². The lowest BCUT2D eigenvalue weighted by molar-refractivity contribution is 0.0844. The van der Waals surface area contributed by atoms with E-state index in [1.165, 1.54) is 0 Å². The molecule has 0 radical (unpaired) electrons. The van der Waals surface area contributed by atoms with Crippen LogP contribution in [0.15, 0.2) is 48.5 Å². The van der Waals surface area contributed by atoms with E-state index in [9.17, 15) is 9.59 Å². The highest BCUT2D eigenvalue weighted by Gasteiger charge is 2.14. The summed E-state index contributed by atoms with van der Waals surface area (Å²) in [4.78, 5) is 24.2. The van der Waals surface area contributed by atoms with E-state index in [0.717, 1.165) is 6.42 Å².